The summed E-state index contributed by atoms with van der Waals surface area (Å²) in [7, 11) is -3.40. The summed E-state index contributed by atoms with van der Waals surface area (Å²) in [5.74, 6) is 0. The van der Waals surface area contributed by atoms with E-state index < -0.39 is 10.0 Å². The van der Waals surface area contributed by atoms with E-state index in [1.807, 2.05) is 32.9 Å². The zero-order valence-corrected chi connectivity index (χ0v) is 12.0. The molecule has 1 aromatic carbocycles. The average Bonchev–Trinajstić information content (AvgIpc) is 2.28. The molecule has 0 spiro atoms. The molecule has 0 amide bonds. The molecular weight excluding hydrogens is 248 g/mol. The van der Waals surface area contributed by atoms with Crippen LogP contribution in [0.5, 0.6) is 0 Å². The summed E-state index contributed by atoms with van der Waals surface area (Å²) in [6.45, 7) is 5.72. The number of sulfonamides is 1. The second kappa shape index (κ2) is 6.31. The largest absolute Gasteiger partial charge is 0.328 e. The molecule has 4 nitrogen and oxygen atoms in total. The molecule has 0 saturated carbocycles. The molecular formula is C13H22N2O2S. The van der Waals surface area contributed by atoms with Crippen molar-refractivity contribution in [3.05, 3.63) is 29.8 Å². The predicted octanol–water partition coefficient (Wildman–Crippen LogP) is 1.65. The molecule has 0 radical (unpaired) electrons. The molecule has 0 aromatic heterocycles. The van der Waals surface area contributed by atoms with Crippen LogP contribution in [0.25, 0.3) is 0 Å². The Morgan fingerprint density at radius 1 is 1.22 bits per heavy atom. The molecule has 3 N–H and O–H groups in total. The van der Waals surface area contributed by atoms with Crippen LogP contribution in [0.3, 0.4) is 0 Å². The summed E-state index contributed by atoms with van der Waals surface area (Å²) in [5.41, 5.74) is 6.75. The normalized spacial score (nSPS) is 15.3. The van der Waals surface area contributed by atoms with Crippen molar-refractivity contribution in [1.29, 1.82) is 0 Å². The van der Waals surface area contributed by atoms with Crippen molar-refractivity contribution in [3.8, 4) is 0 Å². The van der Waals surface area contributed by atoms with E-state index in [1.165, 1.54) is 0 Å². The third-order valence-electron chi connectivity index (χ3n) is 2.76. The Bertz CT molecular complexity index is 466. The predicted molar refractivity (Wildman–Crippen MR) is 73.9 cm³/mol. The van der Waals surface area contributed by atoms with Crippen LogP contribution in [0, 0.1) is 0 Å². The third kappa shape index (κ3) is 4.40. The fourth-order valence-corrected chi connectivity index (χ4v) is 2.92. The summed E-state index contributed by atoms with van der Waals surface area (Å²) in [6, 6.07) is 6.90. The molecule has 5 heteroatoms. The van der Waals surface area contributed by atoms with Gasteiger partial charge in [-0.2, -0.15) is 0 Å². The SMILES string of the molecule is CCC(C)NS(=O)(=O)c1ccc(CC(C)N)cc1. The van der Waals surface area contributed by atoms with Crippen LogP contribution < -0.4 is 10.5 Å². The number of nitrogens with two attached hydrogens (primary N) is 1. The summed E-state index contributed by atoms with van der Waals surface area (Å²) in [5, 5.41) is 0. The molecule has 0 saturated heterocycles. The first-order valence-electron chi connectivity index (χ1n) is 6.22. The second-order valence-corrected chi connectivity index (χ2v) is 6.47. The molecule has 2 atom stereocenters. The fraction of sp³-hybridized carbons (Fsp3) is 0.538. The molecule has 0 aliphatic carbocycles. The van der Waals surface area contributed by atoms with Gasteiger partial charge in [0.05, 0.1) is 4.90 Å². The standard InChI is InChI=1S/C13H22N2O2S/c1-4-11(3)15-18(16,17)13-7-5-12(6-8-13)9-10(2)14/h5-8,10-11,15H,4,9,14H2,1-3H3. The quantitative estimate of drug-likeness (QED) is 0.825. The van der Waals surface area contributed by atoms with Crippen LogP contribution in [0.15, 0.2) is 29.2 Å². The summed E-state index contributed by atoms with van der Waals surface area (Å²) in [4.78, 5) is 0.302. The van der Waals surface area contributed by atoms with E-state index in [9.17, 15) is 8.42 Å². The Kier molecular flexibility index (Phi) is 5.31. The minimum atomic E-state index is -3.40. The zero-order chi connectivity index (χ0) is 13.8. The zero-order valence-electron chi connectivity index (χ0n) is 11.2. The van der Waals surface area contributed by atoms with E-state index in [1.54, 1.807) is 12.1 Å². The monoisotopic (exact) mass is 270 g/mol. The van der Waals surface area contributed by atoms with Gasteiger partial charge < -0.3 is 5.73 Å². The van der Waals surface area contributed by atoms with Gasteiger partial charge in [-0.25, -0.2) is 13.1 Å². The Morgan fingerprint density at radius 3 is 2.22 bits per heavy atom. The lowest BCUT2D eigenvalue weighted by Gasteiger charge is -2.12. The highest BCUT2D eigenvalue weighted by molar-refractivity contribution is 7.89. The van der Waals surface area contributed by atoms with E-state index >= 15 is 0 Å². The van der Waals surface area contributed by atoms with Gasteiger partial charge >= 0.3 is 0 Å². The first kappa shape index (κ1) is 15.1. The lowest BCUT2D eigenvalue weighted by molar-refractivity contribution is 0.556. The topological polar surface area (TPSA) is 72.2 Å². The van der Waals surface area contributed by atoms with E-state index in [2.05, 4.69) is 4.72 Å². The highest BCUT2D eigenvalue weighted by Crippen LogP contribution is 2.12. The third-order valence-corrected chi connectivity index (χ3v) is 4.37. The Balaban J connectivity index is 2.84. The first-order chi connectivity index (χ1) is 8.35. The highest BCUT2D eigenvalue weighted by atomic mass is 32.2. The summed E-state index contributed by atoms with van der Waals surface area (Å²) >= 11 is 0. The molecule has 1 aromatic rings. The molecule has 102 valence electrons. The summed E-state index contributed by atoms with van der Waals surface area (Å²) in [6.07, 6.45) is 1.52. The number of rotatable bonds is 6. The van der Waals surface area contributed by atoms with Gasteiger partial charge in [0.15, 0.2) is 0 Å². The van der Waals surface area contributed by atoms with Crippen LogP contribution in [0.1, 0.15) is 32.8 Å². The van der Waals surface area contributed by atoms with Gasteiger partial charge in [0.1, 0.15) is 0 Å². The smallest absolute Gasteiger partial charge is 0.240 e. The molecule has 0 aliphatic heterocycles. The van der Waals surface area contributed by atoms with Crippen molar-refractivity contribution in [2.75, 3.05) is 0 Å². The van der Waals surface area contributed by atoms with Crippen LogP contribution in [0.2, 0.25) is 0 Å². The van der Waals surface area contributed by atoms with Gasteiger partial charge in [0.2, 0.25) is 10.0 Å². The lowest BCUT2D eigenvalue weighted by atomic mass is 10.1. The minimum absolute atomic E-state index is 0.0567. The Labute approximate surface area is 110 Å². The lowest BCUT2D eigenvalue weighted by Crippen LogP contribution is -2.32. The Hall–Kier alpha value is -0.910. The van der Waals surface area contributed by atoms with Crippen molar-refractivity contribution in [1.82, 2.24) is 4.72 Å². The van der Waals surface area contributed by atoms with Gasteiger partial charge in [0, 0.05) is 12.1 Å². The van der Waals surface area contributed by atoms with Gasteiger partial charge in [-0.05, 0) is 44.4 Å². The number of nitrogens with one attached hydrogen (secondary N) is 1. The van der Waals surface area contributed by atoms with Crippen LogP contribution in [0.4, 0.5) is 0 Å². The van der Waals surface area contributed by atoms with Crippen LogP contribution in [-0.2, 0) is 16.4 Å². The maximum absolute atomic E-state index is 12.0. The average molecular weight is 270 g/mol. The van der Waals surface area contributed by atoms with E-state index in [0.717, 1.165) is 18.4 Å². The first-order valence-corrected chi connectivity index (χ1v) is 7.70. The molecule has 0 fully saturated rings. The molecule has 18 heavy (non-hydrogen) atoms. The van der Waals surface area contributed by atoms with Gasteiger partial charge in [-0.3, -0.25) is 0 Å². The van der Waals surface area contributed by atoms with Crippen molar-refractivity contribution < 1.29 is 8.42 Å². The Morgan fingerprint density at radius 2 is 1.78 bits per heavy atom. The molecule has 0 heterocycles. The maximum Gasteiger partial charge on any atom is 0.240 e. The number of hydrogen-bond acceptors (Lipinski definition) is 3. The number of benzene rings is 1. The van der Waals surface area contributed by atoms with Crippen LogP contribution >= 0.6 is 0 Å². The molecule has 1 rings (SSSR count). The van der Waals surface area contributed by atoms with Crippen molar-refractivity contribution in [2.24, 2.45) is 5.73 Å². The second-order valence-electron chi connectivity index (χ2n) is 4.76. The maximum atomic E-state index is 12.0. The highest BCUT2D eigenvalue weighted by Gasteiger charge is 2.16. The molecule has 0 aliphatic rings. The van der Waals surface area contributed by atoms with Gasteiger partial charge in [-0.1, -0.05) is 19.1 Å². The van der Waals surface area contributed by atoms with Crippen molar-refractivity contribution >= 4 is 10.0 Å². The molecule has 0 bridgehead atoms. The van der Waals surface area contributed by atoms with Gasteiger partial charge in [0.25, 0.3) is 0 Å². The number of hydrogen-bond donors (Lipinski definition) is 2. The summed E-state index contributed by atoms with van der Waals surface area (Å²) < 4.78 is 26.6. The van der Waals surface area contributed by atoms with Gasteiger partial charge in [-0.15, -0.1) is 0 Å². The van der Waals surface area contributed by atoms with Crippen LogP contribution in [-0.4, -0.2) is 20.5 Å². The van der Waals surface area contributed by atoms with E-state index in [-0.39, 0.29) is 12.1 Å². The fourth-order valence-electron chi connectivity index (χ4n) is 1.59. The van der Waals surface area contributed by atoms with Crippen molar-refractivity contribution in [2.45, 2.75) is 50.6 Å². The van der Waals surface area contributed by atoms with E-state index in [0.29, 0.717) is 4.90 Å². The minimum Gasteiger partial charge on any atom is -0.328 e. The molecule has 2 unspecified atom stereocenters. The van der Waals surface area contributed by atoms with Crippen molar-refractivity contribution in [3.63, 3.8) is 0 Å². The van der Waals surface area contributed by atoms with E-state index in [4.69, 9.17) is 5.73 Å².